The predicted molar refractivity (Wildman–Crippen MR) is 76.9 cm³/mol. The summed E-state index contributed by atoms with van der Waals surface area (Å²) in [7, 11) is 0. The predicted octanol–water partition coefficient (Wildman–Crippen LogP) is 3.33. The average Bonchev–Trinajstić information content (AvgIpc) is 2.58. The molecule has 0 fully saturated rings. The minimum absolute atomic E-state index is 0.225. The molecule has 0 saturated heterocycles. The summed E-state index contributed by atoms with van der Waals surface area (Å²) in [5.41, 5.74) is 11.7. The van der Waals surface area contributed by atoms with Gasteiger partial charge in [-0.1, -0.05) is 6.42 Å². The second kappa shape index (κ2) is 4.77. The Morgan fingerprint density at radius 3 is 2.61 bits per heavy atom. The maximum Gasteiger partial charge on any atom is 0.0459 e. The largest absolute Gasteiger partial charge is 0.361 e. The van der Waals surface area contributed by atoms with Crippen LogP contribution in [-0.4, -0.2) is 11.0 Å². The molecule has 1 aromatic carbocycles. The standard InChI is InChI=1S/C16H22N2/c1-11(17)7-14-10-18-16-9-13-6-4-2-3-5-12(13)8-15(14)16/h8-11,18H,2-7,17H2,1H3. The fourth-order valence-corrected chi connectivity index (χ4v) is 3.11. The summed E-state index contributed by atoms with van der Waals surface area (Å²) in [6.45, 7) is 2.07. The van der Waals surface area contributed by atoms with E-state index < -0.39 is 0 Å². The zero-order chi connectivity index (χ0) is 12.5. The maximum atomic E-state index is 5.92. The second-order valence-corrected chi connectivity index (χ2v) is 5.72. The lowest BCUT2D eigenvalue weighted by molar-refractivity contribution is 0.711. The van der Waals surface area contributed by atoms with Gasteiger partial charge in [-0.05, 0) is 67.9 Å². The van der Waals surface area contributed by atoms with Gasteiger partial charge in [-0.3, -0.25) is 0 Å². The van der Waals surface area contributed by atoms with Crippen LogP contribution in [0.15, 0.2) is 18.3 Å². The van der Waals surface area contributed by atoms with E-state index in [1.165, 1.54) is 48.6 Å². The van der Waals surface area contributed by atoms with Crippen molar-refractivity contribution in [3.05, 3.63) is 35.0 Å². The van der Waals surface area contributed by atoms with Crippen LogP contribution >= 0.6 is 0 Å². The first-order valence-corrected chi connectivity index (χ1v) is 7.11. The molecular weight excluding hydrogens is 220 g/mol. The molecule has 1 aromatic heterocycles. The molecule has 3 N–H and O–H groups in total. The third-order valence-electron chi connectivity index (χ3n) is 4.02. The van der Waals surface area contributed by atoms with Gasteiger partial charge in [0.05, 0.1) is 0 Å². The number of hydrogen-bond donors (Lipinski definition) is 2. The number of nitrogens with two attached hydrogens (primary N) is 1. The maximum absolute atomic E-state index is 5.92. The molecule has 0 amide bonds. The first kappa shape index (κ1) is 11.8. The van der Waals surface area contributed by atoms with Crippen molar-refractivity contribution >= 4 is 10.9 Å². The lowest BCUT2D eigenvalue weighted by atomic mass is 9.98. The van der Waals surface area contributed by atoms with Crippen LogP contribution in [0.2, 0.25) is 0 Å². The number of nitrogens with one attached hydrogen (secondary N) is 1. The highest BCUT2D eigenvalue weighted by Crippen LogP contribution is 2.28. The quantitative estimate of drug-likeness (QED) is 0.779. The summed E-state index contributed by atoms with van der Waals surface area (Å²) in [4.78, 5) is 3.41. The number of H-pyrrole nitrogens is 1. The Balaban J connectivity index is 2.06. The Morgan fingerprint density at radius 1 is 1.17 bits per heavy atom. The zero-order valence-electron chi connectivity index (χ0n) is 11.1. The van der Waals surface area contributed by atoms with Crippen molar-refractivity contribution in [3.8, 4) is 0 Å². The van der Waals surface area contributed by atoms with E-state index in [0.29, 0.717) is 0 Å². The van der Waals surface area contributed by atoms with E-state index in [1.807, 2.05) is 0 Å². The Kier molecular flexibility index (Phi) is 3.13. The summed E-state index contributed by atoms with van der Waals surface area (Å²) in [5.74, 6) is 0. The van der Waals surface area contributed by atoms with Crippen LogP contribution < -0.4 is 5.73 Å². The molecule has 0 spiro atoms. The molecule has 96 valence electrons. The second-order valence-electron chi connectivity index (χ2n) is 5.72. The topological polar surface area (TPSA) is 41.8 Å². The molecule has 2 heteroatoms. The number of fused-ring (bicyclic) bond motifs is 2. The Labute approximate surface area is 109 Å². The molecule has 2 nitrogen and oxygen atoms in total. The Bertz CT molecular complexity index is 551. The van der Waals surface area contributed by atoms with Gasteiger partial charge in [0.1, 0.15) is 0 Å². The van der Waals surface area contributed by atoms with Crippen LogP contribution in [0, 0.1) is 0 Å². The molecule has 2 aromatic rings. The third-order valence-corrected chi connectivity index (χ3v) is 4.02. The molecule has 0 bridgehead atoms. The van der Waals surface area contributed by atoms with Crippen LogP contribution in [0.25, 0.3) is 10.9 Å². The smallest absolute Gasteiger partial charge is 0.0459 e. The van der Waals surface area contributed by atoms with Crippen molar-refractivity contribution in [1.29, 1.82) is 0 Å². The third kappa shape index (κ3) is 2.17. The molecule has 0 radical (unpaired) electrons. The van der Waals surface area contributed by atoms with Gasteiger partial charge in [0.2, 0.25) is 0 Å². The van der Waals surface area contributed by atoms with Gasteiger partial charge >= 0.3 is 0 Å². The normalized spacial score (nSPS) is 17.4. The van der Waals surface area contributed by atoms with E-state index in [1.54, 1.807) is 11.1 Å². The van der Waals surface area contributed by atoms with Crippen molar-refractivity contribution < 1.29 is 0 Å². The van der Waals surface area contributed by atoms with Crippen molar-refractivity contribution in [2.45, 2.75) is 51.5 Å². The van der Waals surface area contributed by atoms with E-state index >= 15 is 0 Å². The monoisotopic (exact) mass is 242 g/mol. The van der Waals surface area contributed by atoms with Crippen LogP contribution in [0.5, 0.6) is 0 Å². The number of benzene rings is 1. The van der Waals surface area contributed by atoms with Crippen LogP contribution in [0.3, 0.4) is 0 Å². The molecule has 18 heavy (non-hydrogen) atoms. The van der Waals surface area contributed by atoms with Gasteiger partial charge in [0.15, 0.2) is 0 Å². The number of aromatic amines is 1. The van der Waals surface area contributed by atoms with Crippen molar-refractivity contribution in [2.75, 3.05) is 0 Å². The minimum atomic E-state index is 0.225. The van der Waals surface area contributed by atoms with Crippen molar-refractivity contribution in [1.82, 2.24) is 4.98 Å². The molecule has 0 aliphatic heterocycles. The van der Waals surface area contributed by atoms with Crippen LogP contribution in [-0.2, 0) is 19.3 Å². The SMILES string of the molecule is CC(N)Cc1c[nH]c2cc3c(cc12)CCCCC3. The van der Waals surface area contributed by atoms with Gasteiger partial charge in [0, 0.05) is 23.1 Å². The molecule has 1 aliphatic carbocycles. The zero-order valence-corrected chi connectivity index (χ0v) is 11.1. The Morgan fingerprint density at radius 2 is 1.89 bits per heavy atom. The van der Waals surface area contributed by atoms with Gasteiger partial charge < -0.3 is 10.7 Å². The average molecular weight is 242 g/mol. The molecule has 1 heterocycles. The fourth-order valence-electron chi connectivity index (χ4n) is 3.11. The molecular formula is C16H22N2. The number of rotatable bonds is 2. The molecule has 1 unspecified atom stereocenters. The fraction of sp³-hybridized carbons (Fsp3) is 0.500. The lowest BCUT2D eigenvalue weighted by Crippen LogP contribution is -2.17. The summed E-state index contributed by atoms with van der Waals surface area (Å²) in [5, 5.41) is 1.38. The number of hydrogen-bond acceptors (Lipinski definition) is 1. The van der Waals surface area contributed by atoms with E-state index in [9.17, 15) is 0 Å². The highest BCUT2D eigenvalue weighted by molar-refractivity contribution is 5.85. The summed E-state index contributed by atoms with van der Waals surface area (Å²) in [6, 6.07) is 4.99. The minimum Gasteiger partial charge on any atom is -0.361 e. The first-order valence-electron chi connectivity index (χ1n) is 7.11. The van der Waals surface area contributed by atoms with E-state index in [0.717, 1.165) is 6.42 Å². The van der Waals surface area contributed by atoms with E-state index in [2.05, 4.69) is 30.2 Å². The molecule has 1 aliphatic rings. The Hall–Kier alpha value is -1.28. The molecule has 1 atom stereocenters. The first-order chi connectivity index (χ1) is 8.74. The van der Waals surface area contributed by atoms with Crippen molar-refractivity contribution in [3.63, 3.8) is 0 Å². The number of aromatic nitrogens is 1. The van der Waals surface area contributed by atoms with Gasteiger partial charge in [-0.2, -0.15) is 0 Å². The van der Waals surface area contributed by atoms with E-state index in [-0.39, 0.29) is 6.04 Å². The van der Waals surface area contributed by atoms with E-state index in [4.69, 9.17) is 5.73 Å². The lowest BCUT2D eigenvalue weighted by Gasteiger charge is -2.08. The van der Waals surface area contributed by atoms with Gasteiger partial charge in [-0.15, -0.1) is 0 Å². The molecule has 3 rings (SSSR count). The van der Waals surface area contributed by atoms with Crippen molar-refractivity contribution in [2.24, 2.45) is 5.73 Å². The summed E-state index contributed by atoms with van der Waals surface area (Å²) < 4.78 is 0. The highest BCUT2D eigenvalue weighted by atomic mass is 14.7. The number of aryl methyl sites for hydroxylation is 2. The summed E-state index contributed by atoms with van der Waals surface area (Å²) in [6.07, 6.45) is 9.62. The van der Waals surface area contributed by atoms with Crippen LogP contribution in [0.4, 0.5) is 0 Å². The van der Waals surface area contributed by atoms with Crippen LogP contribution in [0.1, 0.15) is 42.9 Å². The van der Waals surface area contributed by atoms with Gasteiger partial charge in [-0.25, -0.2) is 0 Å². The molecule has 0 saturated carbocycles. The highest BCUT2D eigenvalue weighted by Gasteiger charge is 2.12. The van der Waals surface area contributed by atoms with Gasteiger partial charge in [0.25, 0.3) is 0 Å². The summed E-state index contributed by atoms with van der Waals surface area (Å²) >= 11 is 0.